The predicted octanol–water partition coefficient (Wildman–Crippen LogP) is 5.75. The fraction of sp³-hybridized carbons (Fsp3) is 0.957. The Morgan fingerprint density at radius 2 is 1.69 bits per heavy atom. The molecule has 0 aliphatic heterocycles. The van der Waals surface area contributed by atoms with Crippen molar-refractivity contribution in [1.29, 1.82) is 0 Å². The van der Waals surface area contributed by atoms with E-state index >= 15 is 0 Å². The summed E-state index contributed by atoms with van der Waals surface area (Å²) >= 11 is 3.43. The minimum Gasteiger partial charge on any atom is -0.390 e. The van der Waals surface area contributed by atoms with Crippen molar-refractivity contribution >= 4 is 21.7 Å². The third kappa shape index (κ3) is 2.55. The molecule has 0 aromatic heterocycles. The molecule has 4 aliphatic rings. The minimum atomic E-state index is -0.481. The lowest BCUT2D eigenvalue weighted by Crippen LogP contribution is -2.60. The number of Topliss-reactive ketones (excluding diaryl/α,β-unsaturated/α-hetero) is 1. The second-order valence-electron chi connectivity index (χ2n) is 11.3. The van der Waals surface area contributed by atoms with Crippen LogP contribution in [0.15, 0.2) is 0 Å². The summed E-state index contributed by atoms with van der Waals surface area (Å²) in [7, 11) is 0. The Hall–Kier alpha value is 0.110. The van der Waals surface area contributed by atoms with Crippen LogP contribution in [0.1, 0.15) is 85.5 Å². The van der Waals surface area contributed by atoms with E-state index in [1.165, 1.54) is 38.5 Å². The third-order valence-corrected chi connectivity index (χ3v) is 10.7. The number of aliphatic hydroxyl groups is 1. The molecule has 0 unspecified atom stereocenters. The molecule has 8 atom stereocenters. The molecular formula is C23H37BrO2. The molecule has 4 aliphatic carbocycles. The number of halogens is 1. The average molecular weight is 425 g/mol. The summed E-state index contributed by atoms with van der Waals surface area (Å²) in [5, 5.41) is 11.3. The zero-order chi connectivity index (χ0) is 19.0. The molecule has 0 spiro atoms. The van der Waals surface area contributed by atoms with Crippen LogP contribution in [-0.2, 0) is 4.79 Å². The van der Waals surface area contributed by atoms with Gasteiger partial charge in [-0.2, -0.15) is 0 Å². The standard InChI is InChI=1S/C23H37BrO2/c1-20-9-7-15-16-5-6-18(19(25)13-24)22(16,3)10-8-17(15)23(20,4)12-11-21(2,26)14-20/h15-18,26H,5-14H2,1-4H3/t15-,16-,17-,18+,20+,21+,22-,23+/m0/s1. The Morgan fingerprint density at radius 3 is 2.38 bits per heavy atom. The lowest BCUT2D eigenvalue weighted by Gasteiger charge is -2.66. The number of carbonyl (C=O) groups is 1. The van der Waals surface area contributed by atoms with E-state index in [1.807, 2.05) is 0 Å². The van der Waals surface area contributed by atoms with Crippen molar-refractivity contribution < 1.29 is 9.90 Å². The monoisotopic (exact) mass is 424 g/mol. The van der Waals surface area contributed by atoms with Crippen molar-refractivity contribution in [2.24, 2.45) is 39.9 Å². The largest absolute Gasteiger partial charge is 0.390 e. The molecule has 0 amide bonds. The first-order valence-corrected chi connectivity index (χ1v) is 12.0. The van der Waals surface area contributed by atoms with Gasteiger partial charge in [0.1, 0.15) is 5.78 Å². The van der Waals surface area contributed by atoms with Gasteiger partial charge in [-0.15, -0.1) is 0 Å². The number of alkyl halides is 1. The van der Waals surface area contributed by atoms with E-state index in [-0.39, 0.29) is 16.7 Å². The quantitative estimate of drug-likeness (QED) is 0.572. The van der Waals surface area contributed by atoms with Gasteiger partial charge >= 0.3 is 0 Å². The first-order valence-electron chi connectivity index (χ1n) is 10.9. The summed E-state index contributed by atoms with van der Waals surface area (Å²) in [5.74, 6) is 3.03. The molecule has 1 N–H and O–H groups in total. The van der Waals surface area contributed by atoms with Gasteiger partial charge in [-0.3, -0.25) is 4.79 Å². The molecule has 0 aromatic rings. The van der Waals surface area contributed by atoms with Crippen molar-refractivity contribution in [3.63, 3.8) is 0 Å². The van der Waals surface area contributed by atoms with E-state index in [0.717, 1.165) is 37.0 Å². The van der Waals surface area contributed by atoms with Crippen LogP contribution < -0.4 is 0 Å². The summed E-state index contributed by atoms with van der Waals surface area (Å²) in [6.45, 7) is 9.51. The second-order valence-corrected chi connectivity index (χ2v) is 11.9. The van der Waals surface area contributed by atoms with Gasteiger partial charge in [-0.25, -0.2) is 0 Å². The van der Waals surface area contributed by atoms with Crippen molar-refractivity contribution in [2.45, 2.75) is 91.1 Å². The predicted molar refractivity (Wildman–Crippen MR) is 109 cm³/mol. The Morgan fingerprint density at radius 1 is 0.962 bits per heavy atom. The van der Waals surface area contributed by atoms with E-state index in [2.05, 4.69) is 43.6 Å². The van der Waals surface area contributed by atoms with Crippen molar-refractivity contribution in [1.82, 2.24) is 0 Å². The first kappa shape index (κ1) is 19.4. The summed E-state index contributed by atoms with van der Waals surface area (Å²) in [6.07, 6.45) is 10.5. The third-order valence-electron chi connectivity index (χ3n) is 10.1. The van der Waals surface area contributed by atoms with Gasteiger partial charge in [0, 0.05) is 5.92 Å². The average Bonchev–Trinajstić information content (AvgIpc) is 2.92. The van der Waals surface area contributed by atoms with Crippen LogP contribution in [0.5, 0.6) is 0 Å². The van der Waals surface area contributed by atoms with Gasteiger partial charge in [0.05, 0.1) is 10.9 Å². The van der Waals surface area contributed by atoms with Gasteiger partial charge in [-0.1, -0.05) is 36.7 Å². The lowest BCUT2D eigenvalue weighted by atomic mass is 9.39. The molecule has 0 radical (unpaired) electrons. The zero-order valence-electron chi connectivity index (χ0n) is 17.1. The highest BCUT2D eigenvalue weighted by Gasteiger charge is 2.64. The lowest BCUT2D eigenvalue weighted by molar-refractivity contribution is -0.189. The van der Waals surface area contributed by atoms with Gasteiger partial charge < -0.3 is 5.11 Å². The normalized spacial score (nSPS) is 56.4. The van der Waals surface area contributed by atoms with Gasteiger partial charge in [0.25, 0.3) is 0 Å². The molecule has 0 saturated heterocycles. The molecule has 4 fully saturated rings. The van der Waals surface area contributed by atoms with E-state index in [1.54, 1.807) is 0 Å². The minimum absolute atomic E-state index is 0.232. The number of hydrogen-bond donors (Lipinski definition) is 1. The molecule has 0 bridgehead atoms. The van der Waals surface area contributed by atoms with E-state index in [9.17, 15) is 9.90 Å². The molecule has 3 heteroatoms. The fourth-order valence-electron chi connectivity index (χ4n) is 8.56. The van der Waals surface area contributed by atoms with Gasteiger partial charge in [0.15, 0.2) is 0 Å². The van der Waals surface area contributed by atoms with Crippen LogP contribution in [-0.4, -0.2) is 21.8 Å². The number of hydrogen-bond acceptors (Lipinski definition) is 2. The second kappa shape index (κ2) is 6.05. The van der Waals surface area contributed by atoms with Crippen LogP contribution in [0.4, 0.5) is 0 Å². The summed E-state index contributed by atoms with van der Waals surface area (Å²) in [6, 6.07) is 0. The van der Waals surface area contributed by atoms with Crippen LogP contribution in [0.3, 0.4) is 0 Å². The van der Waals surface area contributed by atoms with Crippen LogP contribution in [0.2, 0.25) is 0 Å². The smallest absolute Gasteiger partial charge is 0.147 e. The first-order chi connectivity index (χ1) is 12.1. The molecule has 4 rings (SSSR count). The highest BCUT2D eigenvalue weighted by Crippen LogP contribution is 2.71. The van der Waals surface area contributed by atoms with E-state index in [0.29, 0.717) is 16.5 Å². The van der Waals surface area contributed by atoms with Crippen LogP contribution in [0, 0.1) is 39.9 Å². The molecule has 0 heterocycles. The highest BCUT2D eigenvalue weighted by atomic mass is 79.9. The SMILES string of the molecule is C[C@@]1(O)CC[C@]2(C)[C@H]3CC[C@]4(C)[C@@H](C(=O)CBr)CC[C@H]4[C@@H]3CC[C@]2(C)C1. The summed E-state index contributed by atoms with van der Waals surface area (Å²) in [5.41, 5.74) is 0.381. The maximum Gasteiger partial charge on any atom is 0.147 e. The topological polar surface area (TPSA) is 37.3 Å². The fourth-order valence-corrected chi connectivity index (χ4v) is 8.95. The van der Waals surface area contributed by atoms with Gasteiger partial charge in [0.2, 0.25) is 0 Å². The summed E-state index contributed by atoms with van der Waals surface area (Å²) in [4.78, 5) is 12.6. The van der Waals surface area contributed by atoms with Crippen molar-refractivity contribution in [2.75, 3.05) is 5.33 Å². The van der Waals surface area contributed by atoms with E-state index < -0.39 is 5.60 Å². The maximum absolute atomic E-state index is 12.6. The van der Waals surface area contributed by atoms with Crippen molar-refractivity contribution in [3.8, 4) is 0 Å². The highest BCUT2D eigenvalue weighted by molar-refractivity contribution is 9.09. The molecule has 2 nitrogen and oxygen atoms in total. The molecular weight excluding hydrogens is 388 g/mol. The van der Waals surface area contributed by atoms with Crippen LogP contribution in [0.25, 0.3) is 0 Å². The van der Waals surface area contributed by atoms with Gasteiger partial charge in [-0.05, 0) is 98.7 Å². The molecule has 4 saturated carbocycles. The number of ketones is 1. The Balaban J connectivity index is 1.63. The number of fused-ring (bicyclic) bond motifs is 5. The number of carbonyl (C=O) groups excluding carboxylic acids is 1. The van der Waals surface area contributed by atoms with Crippen molar-refractivity contribution in [3.05, 3.63) is 0 Å². The van der Waals surface area contributed by atoms with E-state index in [4.69, 9.17) is 0 Å². The zero-order valence-corrected chi connectivity index (χ0v) is 18.7. The number of rotatable bonds is 2. The Kier molecular flexibility index (Phi) is 4.52. The molecule has 26 heavy (non-hydrogen) atoms. The maximum atomic E-state index is 12.6. The summed E-state index contributed by atoms with van der Waals surface area (Å²) < 4.78 is 0. The van der Waals surface area contributed by atoms with Crippen LogP contribution >= 0.6 is 15.9 Å². The molecule has 148 valence electrons. The Labute approximate surface area is 168 Å². The Bertz CT molecular complexity index is 601. The molecule has 0 aromatic carbocycles.